The standard InChI is InChI=1S/C24H29N3O2/c1-28-19-7-8-22-21(15-19)20-9-11-25-24(23(20)26-22)10-12-27(17-24)13-14-29-16-18-5-3-2-4-6-18/h2-8,15,25-26H,9-14,16-17H2,1H3. The molecule has 2 N–H and O–H groups in total. The largest absolute Gasteiger partial charge is 0.497 e. The zero-order valence-electron chi connectivity index (χ0n) is 17.0. The van der Waals surface area contributed by atoms with Crippen LogP contribution in [0.3, 0.4) is 0 Å². The molecule has 1 unspecified atom stereocenters. The lowest BCUT2D eigenvalue weighted by Crippen LogP contribution is -2.49. The van der Waals surface area contributed by atoms with E-state index in [1.54, 1.807) is 7.11 Å². The van der Waals surface area contributed by atoms with Gasteiger partial charge in [-0.1, -0.05) is 30.3 Å². The molecule has 1 fully saturated rings. The first-order valence-electron chi connectivity index (χ1n) is 10.6. The minimum absolute atomic E-state index is 0.0271. The summed E-state index contributed by atoms with van der Waals surface area (Å²) in [6.45, 7) is 5.57. The minimum Gasteiger partial charge on any atom is -0.497 e. The number of aromatic amines is 1. The Labute approximate surface area is 172 Å². The number of hydrogen-bond donors (Lipinski definition) is 2. The van der Waals surface area contributed by atoms with Crippen molar-refractivity contribution in [3.8, 4) is 5.75 Å². The minimum atomic E-state index is 0.0271. The Kier molecular flexibility index (Phi) is 5.04. The second-order valence-corrected chi connectivity index (χ2v) is 8.21. The van der Waals surface area contributed by atoms with E-state index in [-0.39, 0.29) is 5.54 Å². The topological polar surface area (TPSA) is 49.5 Å². The van der Waals surface area contributed by atoms with Crippen molar-refractivity contribution in [2.75, 3.05) is 39.9 Å². The number of aromatic nitrogens is 1. The number of hydrogen-bond acceptors (Lipinski definition) is 4. The molecule has 5 rings (SSSR count). The lowest BCUT2D eigenvalue weighted by atomic mass is 9.86. The van der Waals surface area contributed by atoms with Gasteiger partial charge >= 0.3 is 0 Å². The monoisotopic (exact) mass is 391 g/mol. The van der Waals surface area contributed by atoms with Crippen LogP contribution in [-0.4, -0.2) is 49.8 Å². The van der Waals surface area contributed by atoms with E-state index in [1.165, 1.54) is 27.7 Å². The van der Waals surface area contributed by atoms with Gasteiger partial charge in [-0.15, -0.1) is 0 Å². The maximum atomic E-state index is 5.92. The lowest BCUT2D eigenvalue weighted by Gasteiger charge is -2.35. The van der Waals surface area contributed by atoms with Crippen LogP contribution >= 0.6 is 0 Å². The van der Waals surface area contributed by atoms with Crippen molar-refractivity contribution in [2.45, 2.75) is 25.0 Å². The highest BCUT2D eigenvalue weighted by Gasteiger charge is 2.43. The van der Waals surface area contributed by atoms with Crippen LogP contribution in [0, 0.1) is 0 Å². The van der Waals surface area contributed by atoms with Gasteiger partial charge < -0.3 is 19.8 Å². The number of fused-ring (bicyclic) bond motifs is 4. The van der Waals surface area contributed by atoms with Gasteiger partial charge in [0.1, 0.15) is 5.75 Å². The maximum Gasteiger partial charge on any atom is 0.119 e. The van der Waals surface area contributed by atoms with Gasteiger partial charge in [-0.25, -0.2) is 0 Å². The molecular weight excluding hydrogens is 362 g/mol. The molecule has 152 valence electrons. The van der Waals surface area contributed by atoms with Crippen molar-refractivity contribution in [1.29, 1.82) is 0 Å². The highest BCUT2D eigenvalue weighted by Crippen LogP contribution is 2.40. The molecule has 29 heavy (non-hydrogen) atoms. The van der Waals surface area contributed by atoms with E-state index >= 15 is 0 Å². The highest BCUT2D eigenvalue weighted by atomic mass is 16.5. The van der Waals surface area contributed by atoms with E-state index in [1.807, 2.05) is 12.1 Å². The summed E-state index contributed by atoms with van der Waals surface area (Å²) in [7, 11) is 1.73. The Balaban J connectivity index is 1.27. The third kappa shape index (κ3) is 3.54. The van der Waals surface area contributed by atoms with Gasteiger partial charge in [0, 0.05) is 42.8 Å². The third-order valence-corrected chi connectivity index (χ3v) is 6.44. The zero-order valence-corrected chi connectivity index (χ0v) is 17.0. The Bertz CT molecular complexity index is 984. The van der Waals surface area contributed by atoms with Crippen LogP contribution in [0.5, 0.6) is 5.75 Å². The van der Waals surface area contributed by atoms with Crippen LogP contribution in [-0.2, 0) is 23.3 Å². The van der Waals surface area contributed by atoms with Crippen molar-refractivity contribution in [3.05, 3.63) is 65.4 Å². The normalized spacial score (nSPS) is 21.7. The first-order valence-corrected chi connectivity index (χ1v) is 10.6. The van der Waals surface area contributed by atoms with Crippen LogP contribution in [0.2, 0.25) is 0 Å². The molecule has 2 aliphatic rings. The van der Waals surface area contributed by atoms with E-state index in [0.717, 1.165) is 51.4 Å². The maximum absolute atomic E-state index is 5.92. The molecule has 0 saturated carbocycles. The summed E-state index contributed by atoms with van der Waals surface area (Å²) in [5, 5.41) is 5.15. The van der Waals surface area contributed by atoms with Crippen molar-refractivity contribution < 1.29 is 9.47 Å². The Morgan fingerprint density at radius 3 is 2.90 bits per heavy atom. The molecule has 1 saturated heterocycles. The van der Waals surface area contributed by atoms with Gasteiger partial charge in [0.25, 0.3) is 0 Å². The Morgan fingerprint density at radius 2 is 2.03 bits per heavy atom. The number of H-pyrrole nitrogens is 1. The molecule has 0 amide bonds. The highest BCUT2D eigenvalue weighted by molar-refractivity contribution is 5.86. The molecule has 3 aromatic rings. The number of nitrogens with zero attached hydrogens (tertiary/aromatic N) is 1. The van der Waals surface area contributed by atoms with Crippen molar-refractivity contribution in [3.63, 3.8) is 0 Å². The van der Waals surface area contributed by atoms with Gasteiger partial charge in [0.15, 0.2) is 0 Å². The molecule has 0 radical (unpaired) electrons. The number of nitrogens with one attached hydrogen (secondary N) is 2. The second-order valence-electron chi connectivity index (χ2n) is 8.21. The summed E-state index contributed by atoms with van der Waals surface area (Å²) in [6.07, 6.45) is 2.19. The molecular formula is C24H29N3O2. The summed E-state index contributed by atoms with van der Waals surface area (Å²) in [5.41, 5.74) is 5.31. The van der Waals surface area contributed by atoms with E-state index in [0.29, 0.717) is 6.61 Å². The average Bonchev–Trinajstić information content (AvgIpc) is 3.34. The quantitative estimate of drug-likeness (QED) is 0.632. The zero-order chi connectivity index (χ0) is 19.7. The number of likely N-dealkylation sites (tertiary alicyclic amines) is 1. The van der Waals surface area contributed by atoms with E-state index in [2.05, 4.69) is 51.6 Å². The molecule has 3 heterocycles. The van der Waals surface area contributed by atoms with Gasteiger partial charge in [0.05, 0.1) is 25.9 Å². The average molecular weight is 392 g/mol. The lowest BCUT2D eigenvalue weighted by molar-refractivity contribution is 0.0965. The Morgan fingerprint density at radius 1 is 1.14 bits per heavy atom. The summed E-state index contributed by atoms with van der Waals surface area (Å²) in [5.74, 6) is 0.926. The first-order chi connectivity index (χ1) is 14.3. The molecule has 5 heteroatoms. The van der Waals surface area contributed by atoms with Crippen LogP contribution in [0.4, 0.5) is 0 Å². The molecule has 0 aliphatic carbocycles. The van der Waals surface area contributed by atoms with Crippen LogP contribution in [0.1, 0.15) is 23.2 Å². The molecule has 1 spiro atoms. The first kappa shape index (κ1) is 18.7. The van der Waals surface area contributed by atoms with Gasteiger partial charge in [-0.2, -0.15) is 0 Å². The molecule has 2 aliphatic heterocycles. The molecule has 1 aromatic heterocycles. The summed E-state index contributed by atoms with van der Waals surface area (Å²) in [4.78, 5) is 6.26. The second kappa shape index (κ2) is 7.82. The number of methoxy groups -OCH3 is 1. The predicted molar refractivity (Wildman–Crippen MR) is 115 cm³/mol. The summed E-state index contributed by atoms with van der Waals surface area (Å²) >= 11 is 0. The SMILES string of the molecule is COc1ccc2[nH]c3c(c2c1)CCNC31CCN(CCOCc2ccccc2)C1. The van der Waals surface area contributed by atoms with E-state index < -0.39 is 0 Å². The summed E-state index contributed by atoms with van der Waals surface area (Å²) in [6, 6.07) is 16.7. The molecule has 0 bridgehead atoms. The van der Waals surface area contributed by atoms with E-state index in [9.17, 15) is 0 Å². The van der Waals surface area contributed by atoms with Gasteiger partial charge in [-0.3, -0.25) is 4.90 Å². The molecule has 2 aromatic carbocycles. The fraction of sp³-hybridized carbons (Fsp3) is 0.417. The number of ether oxygens (including phenoxy) is 2. The van der Waals surface area contributed by atoms with Gasteiger partial charge in [0.2, 0.25) is 0 Å². The van der Waals surface area contributed by atoms with Crippen molar-refractivity contribution in [1.82, 2.24) is 15.2 Å². The summed E-state index contributed by atoms with van der Waals surface area (Å²) < 4.78 is 11.4. The third-order valence-electron chi connectivity index (χ3n) is 6.44. The van der Waals surface area contributed by atoms with Crippen molar-refractivity contribution >= 4 is 10.9 Å². The number of rotatable bonds is 6. The van der Waals surface area contributed by atoms with E-state index in [4.69, 9.17) is 9.47 Å². The van der Waals surface area contributed by atoms with Crippen LogP contribution < -0.4 is 10.1 Å². The smallest absolute Gasteiger partial charge is 0.119 e. The van der Waals surface area contributed by atoms with Gasteiger partial charge in [-0.05, 0) is 42.2 Å². The van der Waals surface area contributed by atoms with Crippen molar-refractivity contribution in [2.24, 2.45) is 0 Å². The molecule has 5 nitrogen and oxygen atoms in total. The van der Waals surface area contributed by atoms with Crippen LogP contribution in [0.15, 0.2) is 48.5 Å². The molecule has 1 atom stereocenters. The Hall–Kier alpha value is -2.34. The predicted octanol–water partition coefficient (Wildman–Crippen LogP) is 3.44. The number of benzene rings is 2. The fourth-order valence-electron chi connectivity index (χ4n) is 4.92. The van der Waals surface area contributed by atoms with Crippen LogP contribution in [0.25, 0.3) is 10.9 Å². The fourth-order valence-corrected chi connectivity index (χ4v) is 4.92.